The van der Waals surface area contributed by atoms with E-state index in [-0.39, 0.29) is 24.9 Å². The SMILES string of the molecule is CCCC1=C(C(=O)OCC)[C@@H](c2ccsc2)C2=C(C[C@H](c3cccs3)[C@H](C(=O)OCC)C2=O)N1. The highest BCUT2D eigenvalue weighted by Gasteiger charge is 2.49. The van der Waals surface area contributed by atoms with Crippen molar-refractivity contribution in [2.75, 3.05) is 13.2 Å². The summed E-state index contributed by atoms with van der Waals surface area (Å²) in [4.78, 5) is 41.4. The normalized spacial score (nSPS) is 22.3. The van der Waals surface area contributed by atoms with Crippen molar-refractivity contribution in [3.8, 4) is 0 Å². The molecular formula is C26H29NO5S2. The second-order valence-electron chi connectivity index (χ2n) is 8.29. The summed E-state index contributed by atoms with van der Waals surface area (Å²) >= 11 is 3.05. The van der Waals surface area contributed by atoms with E-state index >= 15 is 0 Å². The number of hydrogen-bond donors (Lipinski definition) is 1. The first-order chi connectivity index (χ1) is 16.5. The van der Waals surface area contributed by atoms with Crippen LogP contribution < -0.4 is 5.32 Å². The van der Waals surface area contributed by atoms with E-state index in [4.69, 9.17) is 9.47 Å². The highest BCUT2D eigenvalue weighted by Crippen LogP contribution is 2.49. The van der Waals surface area contributed by atoms with E-state index < -0.39 is 23.8 Å². The Balaban J connectivity index is 1.88. The molecule has 1 aliphatic heterocycles. The molecule has 0 radical (unpaired) electrons. The molecule has 2 aliphatic rings. The largest absolute Gasteiger partial charge is 0.465 e. The lowest BCUT2D eigenvalue weighted by atomic mass is 9.68. The lowest BCUT2D eigenvalue weighted by molar-refractivity contribution is -0.152. The Labute approximate surface area is 207 Å². The van der Waals surface area contributed by atoms with Gasteiger partial charge in [0.2, 0.25) is 0 Å². The van der Waals surface area contributed by atoms with Gasteiger partial charge in [0.05, 0.1) is 18.8 Å². The van der Waals surface area contributed by atoms with Crippen LogP contribution in [0, 0.1) is 5.92 Å². The summed E-state index contributed by atoms with van der Waals surface area (Å²) in [5.74, 6) is -3.05. The molecule has 0 saturated carbocycles. The van der Waals surface area contributed by atoms with Crippen molar-refractivity contribution in [1.29, 1.82) is 0 Å². The average molecular weight is 500 g/mol. The molecule has 0 unspecified atom stereocenters. The Morgan fingerprint density at radius 1 is 1.12 bits per heavy atom. The van der Waals surface area contributed by atoms with E-state index in [1.54, 1.807) is 13.8 Å². The van der Waals surface area contributed by atoms with E-state index in [0.717, 1.165) is 28.3 Å². The number of nitrogens with one attached hydrogen (secondary N) is 1. The molecule has 8 heteroatoms. The molecule has 3 heterocycles. The minimum absolute atomic E-state index is 0.201. The highest BCUT2D eigenvalue weighted by atomic mass is 32.1. The number of ether oxygens (including phenoxy) is 2. The van der Waals surface area contributed by atoms with E-state index in [0.29, 0.717) is 24.0 Å². The smallest absolute Gasteiger partial charge is 0.336 e. The van der Waals surface area contributed by atoms with Crippen molar-refractivity contribution in [3.63, 3.8) is 0 Å². The van der Waals surface area contributed by atoms with Crippen LogP contribution in [0.4, 0.5) is 0 Å². The van der Waals surface area contributed by atoms with Gasteiger partial charge in [-0.15, -0.1) is 11.3 Å². The maximum Gasteiger partial charge on any atom is 0.336 e. The molecule has 0 fully saturated rings. The molecule has 180 valence electrons. The minimum atomic E-state index is -0.948. The number of carbonyl (C=O) groups is 3. The van der Waals surface area contributed by atoms with E-state index in [1.165, 1.54) is 22.7 Å². The number of hydrogen-bond acceptors (Lipinski definition) is 8. The molecule has 0 aromatic carbocycles. The monoisotopic (exact) mass is 499 g/mol. The highest BCUT2D eigenvalue weighted by molar-refractivity contribution is 7.10. The molecule has 0 saturated heterocycles. The number of rotatable bonds is 8. The van der Waals surface area contributed by atoms with Crippen LogP contribution in [0.3, 0.4) is 0 Å². The molecule has 2 aromatic heterocycles. The number of Topliss-reactive ketones (excluding diaryl/α,β-unsaturated/α-hetero) is 1. The van der Waals surface area contributed by atoms with Crippen LogP contribution in [-0.4, -0.2) is 30.9 Å². The number of allylic oxidation sites excluding steroid dienone is 3. The van der Waals surface area contributed by atoms with Gasteiger partial charge in [0.1, 0.15) is 5.92 Å². The molecule has 0 bridgehead atoms. The van der Waals surface area contributed by atoms with Crippen molar-refractivity contribution in [2.45, 2.75) is 51.9 Å². The number of esters is 2. The zero-order valence-corrected chi connectivity index (χ0v) is 21.2. The third-order valence-corrected chi connectivity index (χ3v) is 7.93. The van der Waals surface area contributed by atoms with Gasteiger partial charge >= 0.3 is 11.9 Å². The van der Waals surface area contributed by atoms with Crippen LogP contribution in [0.15, 0.2) is 56.9 Å². The molecule has 4 rings (SSSR count). The first kappa shape index (κ1) is 24.4. The standard InChI is InChI=1S/C26H29NO5S2/c1-4-8-17-23(26(30)32-6-3)20(15-10-12-33-14-15)22-18(27-17)13-16(19-9-7-11-34-19)21(24(22)28)25(29)31-5-2/h7,9-12,14,16,20-21,27H,4-6,8,13H2,1-3H3/t16-,20+,21+/m1/s1. The van der Waals surface area contributed by atoms with Gasteiger partial charge in [-0.05, 0) is 60.5 Å². The summed E-state index contributed by atoms with van der Waals surface area (Å²) in [6.45, 7) is 6.01. The second kappa shape index (κ2) is 10.7. The lowest BCUT2D eigenvalue weighted by Crippen LogP contribution is -2.43. The molecule has 1 N–H and O–H groups in total. The first-order valence-corrected chi connectivity index (χ1v) is 13.5. The second-order valence-corrected chi connectivity index (χ2v) is 10.0. The fourth-order valence-corrected chi connectivity index (χ4v) is 6.44. The van der Waals surface area contributed by atoms with E-state index in [1.807, 2.05) is 34.3 Å². The molecule has 6 nitrogen and oxygen atoms in total. The summed E-state index contributed by atoms with van der Waals surface area (Å²) in [6.07, 6.45) is 1.98. The number of carbonyl (C=O) groups excluding carboxylic acids is 3. The van der Waals surface area contributed by atoms with E-state index in [2.05, 4.69) is 12.2 Å². The quantitative estimate of drug-likeness (QED) is 0.392. The van der Waals surface area contributed by atoms with Crippen molar-refractivity contribution >= 4 is 40.4 Å². The van der Waals surface area contributed by atoms with Crippen LogP contribution in [-0.2, 0) is 23.9 Å². The molecule has 0 spiro atoms. The van der Waals surface area contributed by atoms with Gasteiger partial charge in [0.25, 0.3) is 0 Å². The lowest BCUT2D eigenvalue weighted by Gasteiger charge is -2.39. The third-order valence-electron chi connectivity index (χ3n) is 6.22. The fourth-order valence-electron chi connectivity index (χ4n) is 4.89. The van der Waals surface area contributed by atoms with Crippen LogP contribution in [0.1, 0.15) is 62.3 Å². The van der Waals surface area contributed by atoms with Crippen molar-refractivity contribution < 1.29 is 23.9 Å². The summed E-state index contributed by atoms with van der Waals surface area (Å²) in [6, 6.07) is 5.83. The Bertz CT molecular complexity index is 1110. The zero-order valence-electron chi connectivity index (χ0n) is 19.6. The maximum atomic E-state index is 14.1. The topological polar surface area (TPSA) is 81.7 Å². The van der Waals surface area contributed by atoms with Gasteiger partial charge in [-0.3, -0.25) is 9.59 Å². The van der Waals surface area contributed by atoms with Crippen LogP contribution in [0.2, 0.25) is 0 Å². The molecule has 1 aliphatic carbocycles. The first-order valence-electron chi connectivity index (χ1n) is 11.7. The fraction of sp³-hybridized carbons (Fsp3) is 0.423. The maximum absolute atomic E-state index is 14.1. The Morgan fingerprint density at radius 2 is 1.91 bits per heavy atom. The summed E-state index contributed by atoms with van der Waals surface area (Å²) < 4.78 is 10.8. The summed E-state index contributed by atoms with van der Waals surface area (Å²) in [7, 11) is 0. The third kappa shape index (κ3) is 4.49. The average Bonchev–Trinajstić information content (AvgIpc) is 3.53. The van der Waals surface area contributed by atoms with Crippen molar-refractivity contribution in [3.05, 3.63) is 67.3 Å². The summed E-state index contributed by atoms with van der Waals surface area (Å²) in [5, 5.41) is 9.29. The number of ketones is 1. The Hall–Kier alpha value is -2.71. The molecule has 0 amide bonds. The summed E-state index contributed by atoms with van der Waals surface area (Å²) in [5.41, 5.74) is 3.39. The van der Waals surface area contributed by atoms with Crippen molar-refractivity contribution in [2.24, 2.45) is 5.92 Å². The van der Waals surface area contributed by atoms with Gasteiger partial charge < -0.3 is 14.8 Å². The predicted octanol–water partition coefficient (Wildman–Crippen LogP) is 5.30. The van der Waals surface area contributed by atoms with Gasteiger partial charge in [-0.25, -0.2) is 4.79 Å². The molecular weight excluding hydrogens is 470 g/mol. The molecule has 3 atom stereocenters. The van der Waals surface area contributed by atoms with Gasteiger partial charge in [-0.2, -0.15) is 11.3 Å². The number of dihydropyridines is 1. The Morgan fingerprint density at radius 3 is 2.53 bits per heavy atom. The number of thiophene rings is 2. The van der Waals surface area contributed by atoms with Crippen LogP contribution >= 0.6 is 22.7 Å². The van der Waals surface area contributed by atoms with Crippen molar-refractivity contribution in [1.82, 2.24) is 5.32 Å². The van der Waals surface area contributed by atoms with Gasteiger partial charge in [0.15, 0.2) is 5.78 Å². The van der Waals surface area contributed by atoms with Gasteiger partial charge in [-0.1, -0.05) is 19.4 Å². The van der Waals surface area contributed by atoms with Crippen LogP contribution in [0.25, 0.3) is 0 Å². The van der Waals surface area contributed by atoms with Gasteiger partial charge in [0, 0.05) is 33.7 Å². The Kier molecular flexibility index (Phi) is 7.68. The molecule has 34 heavy (non-hydrogen) atoms. The van der Waals surface area contributed by atoms with E-state index in [9.17, 15) is 14.4 Å². The zero-order chi connectivity index (χ0) is 24.2. The predicted molar refractivity (Wildman–Crippen MR) is 133 cm³/mol. The van der Waals surface area contributed by atoms with Crippen LogP contribution in [0.5, 0.6) is 0 Å². The molecule has 2 aromatic rings. The minimum Gasteiger partial charge on any atom is -0.465 e.